The third-order valence-corrected chi connectivity index (χ3v) is 3.68. The molecule has 0 saturated heterocycles. The van der Waals surface area contributed by atoms with E-state index < -0.39 is 10.9 Å². The number of nitro benzene ring substituents is 1. The summed E-state index contributed by atoms with van der Waals surface area (Å²) in [6.45, 7) is 3.77. The molecule has 0 radical (unpaired) electrons. The highest BCUT2D eigenvalue weighted by Gasteiger charge is 2.22. The first-order chi connectivity index (χ1) is 10.4. The molecule has 8 heteroatoms. The number of aromatic nitrogens is 1. The lowest BCUT2D eigenvalue weighted by molar-refractivity contribution is -0.385. The van der Waals surface area contributed by atoms with E-state index in [1.807, 2.05) is 0 Å². The van der Waals surface area contributed by atoms with Crippen molar-refractivity contribution in [2.45, 2.75) is 20.3 Å². The number of hydrogen-bond donors (Lipinski definition) is 1. The van der Waals surface area contributed by atoms with Gasteiger partial charge in [0.05, 0.1) is 29.2 Å². The molecule has 0 bridgehead atoms. The Labute approximate surface area is 130 Å². The van der Waals surface area contributed by atoms with Crippen molar-refractivity contribution < 1.29 is 19.6 Å². The smallest absolute Gasteiger partial charge is 0.311 e. The van der Waals surface area contributed by atoms with Crippen LogP contribution < -0.4 is 4.74 Å². The number of nitrogens with zero attached hydrogens (tertiary/aromatic N) is 2. The number of nitro groups is 1. The standard InChI is InChI=1S/C14H14N2O5S/c1-3-21-14-9(4-8(2)5-11(14)16(19)20)10-7-22-12(15-10)6-13(17)18/h4-5,7H,3,6H2,1-2H3,(H,17,18). The maximum atomic E-state index is 11.2. The summed E-state index contributed by atoms with van der Waals surface area (Å²) in [6, 6.07) is 3.19. The highest BCUT2D eigenvalue weighted by molar-refractivity contribution is 7.10. The number of carbonyl (C=O) groups is 1. The van der Waals surface area contributed by atoms with Crippen LogP contribution in [0.5, 0.6) is 5.75 Å². The third kappa shape index (κ3) is 3.40. The summed E-state index contributed by atoms with van der Waals surface area (Å²) in [5.74, 6) is -0.813. The largest absolute Gasteiger partial charge is 0.487 e. The maximum absolute atomic E-state index is 11.2. The Kier molecular flexibility index (Phi) is 4.71. The zero-order chi connectivity index (χ0) is 16.3. The third-order valence-electron chi connectivity index (χ3n) is 2.83. The molecule has 1 N–H and O–H groups in total. The molecule has 2 aromatic rings. The summed E-state index contributed by atoms with van der Waals surface area (Å²) in [6.07, 6.45) is -0.178. The Hall–Kier alpha value is -2.48. The minimum Gasteiger partial charge on any atom is -0.487 e. The van der Waals surface area contributed by atoms with Gasteiger partial charge in [-0.05, 0) is 25.5 Å². The number of thiazole rings is 1. The van der Waals surface area contributed by atoms with Crippen molar-refractivity contribution in [2.24, 2.45) is 0 Å². The van der Waals surface area contributed by atoms with Gasteiger partial charge in [-0.3, -0.25) is 14.9 Å². The van der Waals surface area contributed by atoms with Gasteiger partial charge in [0.15, 0.2) is 0 Å². The van der Waals surface area contributed by atoms with Crippen LogP contribution in [0.1, 0.15) is 17.5 Å². The molecule has 0 atom stereocenters. The summed E-state index contributed by atoms with van der Waals surface area (Å²) in [4.78, 5) is 25.7. The summed E-state index contributed by atoms with van der Waals surface area (Å²) in [5.41, 5.74) is 1.57. The van der Waals surface area contributed by atoms with E-state index in [-0.39, 0.29) is 24.5 Å². The fraction of sp³-hybridized carbons (Fsp3) is 0.286. The SMILES string of the molecule is CCOc1c(-c2csc(CC(=O)O)n2)cc(C)cc1[N+](=O)[O-]. The first-order valence-electron chi connectivity index (χ1n) is 6.50. The Morgan fingerprint density at radius 3 is 2.82 bits per heavy atom. The fourth-order valence-corrected chi connectivity index (χ4v) is 2.81. The highest BCUT2D eigenvalue weighted by atomic mass is 32.1. The van der Waals surface area contributed by atoms with Crippen molar-refractivity contribution in [3.63, 3.8) is 0 Å². The average molecular weight is 322 g/mol. The number of ether oxygens (including phenoxy) is 1. The van der Waals surface area contributed by atoms with Crippen molar-refractivity contribution in [1.82, 2.24) is 4.98 Å². The molecule has 0 amide bonds. The van der Waals surface area contributed by atoms with Crippen LogP contribution in [-0.4, -0.2) is 27.6 Å². The van der Waals surface area contributed by atoms with Crippen LogP contribution in [0, 0.1) is 17.0 Å². The van der Waals surface area contributed by atoms with Crippen LogP contribution in [-0.2, 0) is 11.2 Å². The van der Waals surface area contributed by atoms with E-state index in [0.29, 0.717) is 21.8 Å². The van der Waals surface area contributed by atoms with Crippen LogP contribution in [0.15, 0.2) is 17.5 Å². The lowest BCUT2D eigenvalue weighted by Gasteiger charge is -2.10. The van der Waals surface area contributed by atoms with Crippen LogP contribution in [0.25, 0.3) is 11.3 Å². The first kappa shape index (κ1) is 15.9. The van der Waals surface area contributed by atoms with Crippen molar-refractivity contribution in [2.75, 3.05) is 6.61 Å². The molecule has 0 unspecified atom stereocenters. The molecule has 2 rings (SSSR count). The van der Waals surface area contributed by atoms with Gasteiger partial charge in [0.1, 0.15) is 5.01 Å². The van der Waals surface area contributed by atoms with E-state index in [1.54, 1.807) is 25.3 Å². The molecule has 0 fully saturated rings. The number of carboxylic acid groups (broad SMARTS) is 1. The van der Waals surface area contributed by atoms with Gasteiger partial charge >= 0.3 is 11.7 Å². The molecule has 0 saturated carbocycles. The Balaban J connectivity index is 2.55. The topological polar surface area (TPSA) is 103 Å². The van der Waals surface area contributed by atoms with Gasteiger partial charge < -0.3 is 9.84 Å². The number of rotatable bonds is 6. The van der Waals surface area contributed by atoms with Gasteiger partial charge in [0.2, 0.25) is 5.75 Å². The second kappa shape index (κ2) is 6.52. The number of carboxylic acids is 1. The fourth-order valence-electron chi connectivity index (χ4n) is 2.02. The summed E-state index contributed by atoms with van der Waals surface area (Å²) in [5, 5.41) is 22.1. The number of benzene rings is 1. The van der Waals surface area contributed by atoms with Gasteiger partial charge in [0.25, 0.3) is 0 Å². The molecular formula is C14H14N2O5S. The van der Waals surface area contributed by atoms with E-state index in [9.17, 15) is 14.9 Å². The van der Waals surface area contributed by atoms with Gasteiger partial charge in [0, 0.05) is 11.4 Å². The lowest BCUT2D eigenvalue weighted by Crippen LogP contribution is -2.01. The van der Waals surface area contributed by atoms with Gasteiger partial charge in [-0.15, -0.1) is 11.3 Å². The lowest BCUT2D eigenvalue weighted by atomic mass is 10.1. The van der Waals surface area contributed by atoms with Crippen LogP contribution in [0.2, 0.25) is 0 Å². The number of hydrogen-bond acceptors (Lipinski definition) is 6. The maximum Gasteiger partial charge on any atom is 0.311 e. The molecular weight excluding hydrogens is 308 g/mol. The van der Waals surface area contributed by atoms with Crippen molar-refractivity contribution >= 4 is 23.0 Å². The zero-order valence-corrected chi connectivity index (χ0v) is 12.8. The monoisotopic (exact) mass is 322 g/mol. The van der Waals surface area contributed by atoms with Crippen molar-refractivity contribution in [1.29, 1.82) is 0 Å². The second-order valence-electron chi connectivity index (χ2n) is 4.55. The molecule has 1 heterocycles. The van der Waals surface area contributed by atoms with Crippen LogP contribution >= 0.6 is 11.3 Å². The summed E-state index contributed by atoms with van der Waals surface area (Å²) < 4.78 is 5.44. The molecule has 116 valence electrons. The Bertz CT molecular complexity index is 726. The van der Waals surface area contributed by atoms with Gasteiger partial charge in [-0.1, -0.05) is 0 Å². The van der Waals surface area contributed by atoms with Gasteiger partial charge in [-0.25, -0.2) is 4.98 Å². The van der Waals surface area contributed by atoms with Crippen LogP contribution in [0.3, 0.4) is 0 Å². The Morgan fingerprint density at radius 2 is 2.23 bits per heavy atom. The minimum atomic E-state index is -0.971. The molecule has 0 aliphatic rings. The molecule has 1 aromatic heterocycles. The van der Waals surface area contributed by atoms with E-state index in [1.165, 1.54) is 17.4 Å². The zero-order valence-electron chi connectivity index (χ0n) is 12.0. The molecule has 0 spiro atoms. The predicted molar refractivity (Wildman–Crippen MR) is 81.5 cm³/mol. The second-order valence-corrected chi connectivity index (χ2v) is 5.49. The van der Waals surface area contributed by atoms with Crippen molar-refractivity contribution in [3.05, 3.63) is 38.2 Å². The summed E-state index contributed by atoms with van der Waals surface area (Å²) >= 11 is 1.20. The number of aliphatic carboxylic acids is 1. The first-order valence-corrected chi connectivity index (χ1v) is 7.38. The average Bonchev–Trinajstić information content (AvgIpc) is 2.87. The summed E-state index contributed by atoms with van der Waals surface area (Å²) in [7, 11) is 0. The van der Waals surface area contributed by atoms with E-state index >= 15 is 0 Å². The normalized spacial score (nSPS) is 10.5. The predicted octanol–water partition coefficient (Wildman–Crippen LogP) is 3.05. The minimum absolute atomic E-state index is 0.121. The molecule has 0 aliphatic carbocycles. The molecule has 22 heavy (non-hydrogen) atoms. The van der Waals surface area contributed by atoms with Gasteiger partial charge in [-0.2, -0.15) is 0 Å². The van der Waals surface area contributed by atoms with E-state index in [4.69, 9.17) is 9.84 Å². The molecule has 1 aromatic carbocycles. The molecule has 7 nitrogen and oxygen atoms in total. The van der Waals surface area contributed by atoms with Crippen molar-refractivity contribution in [3.8, 4) is 17.0 Å². The van der Waals surface area contributed by atoms with E-state index in [2.05, 4.69) is 4.98 Å². The molecule has 0 aliphatic heterocycles. The quantitative estimate of drug-likeness (QED) is 0.647. The Morgan fingerprint density at radius 1 is 1.50 bits per heavy atom. The van der Waals surface area contributed by atoms with E-state index in [0.717, 1.165) is 0 Å². The number of aryl methyl sites for hydroxylation is 1. The highest BCUT2D eigenvalue weighted by Crippen LogP contribution is 2.39. The van der Waals surface area contributed by atoms with Crippen LogP contribution in [0.4, 0.5) is 5.69 Å².